The normalized spacial score (nSPS) is 18.8. The Morgan fingerprint density at radius 3 is 2.96 bits per heavy atom. The van der Waals surface area contributed by atoms with Crippen molar-refractivity contribution in [2.75, 3.05) is 19.7 Å². The van der Waals surface area contributed by atoms with Gasteiger partial charge in [-0.25, -0.2) is 8.42 Å². The van der Waals surface area contributed by atoms with E-state index in [9.17, 15) is 13.7 Å². The van der Waals surface area contributed by atoms with Gasteiger partial charge in [-0.3, -0.25) is 4.68 Å². The summed E-state index contributed by atoms with van der Waals surface area (Å²) in [7, 11) is -3.82. The molecule has 1 atom stereocenters. The SMILES string of the molecule is CCn1cc([C@H]2CN(S(=O)(=O)c3ccc(Cl)cc3C#N)CCO2)cn1. The van der Waals surface area contributed by atoms with E-state index in [1.807, 2.05) is 19.2 Å². The van der Waals surface area contributed by atoms with Gasteiger partial charge in [0.2, 0.25) is 10.0 Å². The minimum Gasteiger partial charge on any atom is -0.371 e. The minimum atomic E-state index is -3.82. The van der Waals surface area contributed by atoms with Crippen molar-refractivity contribution in [3.8, 4) is 6.07 Å². The zero-order valence-corrected chi connectivity index (χ0v) is 15.2. The molecular formula is C16H17ClN4O3S. The molecule has 25 heavy (non-hydrogen) atoms. The Balaban J connectivity index is 1.89. The van der Waals surface area contributed by atoms with E-state index < -0.39 is 10.0 Å². The highest BCUT2D eigenvalue weighted by atomic mass is 35.5. The van der Waals surface area contributed by atoms with Gasteiger partial charge in [-0.05, 0) is 25.1 Å². The van der Waals surface area contributed by atoms with Gasteiger partial charge in [0.1, 0.15) is 11.0 Å². The van der Waals surface area contributed by atoms with Crippen molar-refractivity contribution in [2.24, 2.45) is 0 Å². The van der Waals surface area contributed by atoms with Gasteiger partial charge >= 0.3 is 0 Å². The van der Waals surface area contributed by atoms with Gasteiger partial charge in [0.15, 0.2) is 0 Å². The van der Waals surface area contributed by atoms with Crippen LogP contribution in [-0.2, 0) is 21.3 Å². The van der Waals surface area contributed by atoms with Gasteiger partial charge in [-0.2, -0.15) is 14.7 Å². The number of sulfonamides is 1. The number of nitriles is 1. The maximum absolute atomic E-state index is 13.0. The second-order valence-corrected chi connectivity index (χ2v) is 7.95. The quantitative estimate of drug-likeness (QED) is 0.811. The topological polar surface area (TPSA) is 88.2 Å². The number of ether oxygens (including phenoxy) is 1. The first-order chi connectivity index (χ1) is 12.0. The molecule has 0 unspecified atom stereocenters. The van der Waals surface area contributed by atoms with Crippen molar-refractivity contribution in [1.82, 2.24) is 14.1 Å². The molecule has 0 N–H and O–H groups in total. The molecule has 2 aromatic rings. The van der Waals surface area contributed by atoms with E-state index in [2.05, 4.69) is 5.10 Å². The first kappa shape index (κ1) is 17.9. The second-order valence-electron chi connectivity index (χ2n) is 5.60. The number of hydrogen-bond donors (Lipinski definition) is 0. The summed E-state index contributed by atoms with van der Waals surface area (Å²) in [6.45, 7) is 3.38. The summed E-state index contributed by atoms with van der Waals surface area (Å²) in [6.07, 6.45) is 3.15. The summed E-state index contributed by atoms with van der Waals surface area (Å²) in [4.78, 5) is -0.0377. The molecule has 0 bridgehead atoms. The van der Waals surface area contributed by atoms with Crippen LogP contribution >= 0.6 is 11.6 Å². The third-order valence-electron chi connectivity index (χ3n) is 4.06. The van der Waals surface area contributed by atoms with Crippen molar-refractivity contribution in [3.63, 3.8) is 0 Å². The number of aromatic nitrogens is 2. The van der Waals surface area contributed by atoms with Crippen LogP contribution in [0.3, 0.4) is 0 Å². The standard InChI is InChI=1S/C16H17ClN4O3S/c1-2-20-10-13(9-19-20)15-11-21(5-6-24-15)25(22,23)16-4-3-14(17)7-12(16)8-18/h3-4,7,9-10,15H,2,5-6,11H2,1H3/t15-/m1/s1. The molecule has 0 aliphatic carbocycles. The summed E-state index contributed by atoms with van der Waals surface area (Å²) in [5.41, 5.74) is 0.868. The van der Waals surface area contributed by atoms with Crippen LogP contribution in [-0.4, -0.2) is 42.2 Å². The third-order valence-corrected chi connectivity index (χ3v) is 6.22. The second kappa shape index (κ2) is 7.14. The largest absolute Gasteiger partial charge is 0.371 e. The fraction of sp³-hybridized carbons (Fsp3) is 0.375. The van der Waals surface area contributed by atoms with Crippen molar-refractivity contribution < 1.29 is 13.2 Å². The zero-order valence-electron chi connectivity index (χ0n) is 13.6. The van der Waals surface area contributed by atoms with Gasteiger partial charge in [-0.1, -0.05) is 11.6 Å². The molecule has 0 saturated carbocycles. The monoisotopic (exact) mass is 380 g/mol. The highest BCUT2D eigenvalue weighted by molar-refractivity contribution is 7.89. The lowest BCUT2D eigenvalue weighted by Gasteiger charge is -2.31. The molecule has 7 nitrogen and oxygen atoms in total. The van der Waals surface area contributed by atoms with Crippen molar-refractivity contribution in [3.05, 3.63) is 46.7 Å². The van der Waals surface area contributed by atoms with Gasteiger partial charge in [-0.15, -0.1) is 0 Å². The molecule has 1 aromatic carbocycles. The molecule has 132 valence electrons. The Kier molecular flexibility index (Phi) is 5.11. The summed E-state index contributed by atoms with van der Waals surface area (Å²) in [5, 5.41) is 13.8. The molecule has 1 aliphatic rings. The van der Waals surface area contributed by atoms with Crippen LogP contribution in [0.5, 0.6) is 0 Å². The van der Waals surface area contributed by atoms with Crippen LogP contribution in [0.4, 0.5) is 0 Å². The highest BCUT2D eigenvalue weighted by Gasteiger charge is 2.33. The number of aryl methyl sites for hydroxylation is 1. The van der Waals surface area contributed by atoms with Crippen LogP contribution in [0, 0.1) is 11.3 Å². The summed E-state index contributed by atoms with van der Waals surface area (Å²) >= 11 is 5.86. The number of nitrogens with zero attached hydrogens (tertiary/aromatic N) is 4. The fourth-order valence-corrected chi connectivity index (χ4v) is 4.44. The Morgan fingerprint density at radius 2 is 2.28 bits per heavy atom. The van der Waals surface area contributed by atoms with Gasteiger partial charge in [0.05, 0.1) is 24.5 Å². The van der Waals surface area contributed by atoms with Crippen LogP contribution < -0.4 is 0 Å². The van der Waals surface area contributed by atoms with Crippen molar-refractivity contribution in [2.45, 2.75) is 24.5 Å². The van der Waals surface area contributed by atoms with Gasteiger partial charge in [0, 0.05) is 36.4 Å². The van der Waals surface area contributed by atoms with Crippen molar-refractivity contribution >= 4 is 21.6 Å². The highest BCUT2D eigenvalue weighted by Crippen LogP contribution is 2.28. The molecule has 9 heteroatoms. The molecule has 1 aromatic heterocycles. The molecule has 2 heterocycles. The van der Waals surface area contributed by atoms with Crippen LogP contribution in [0.25, 0.3) is 0 Å². The van der Waals surface area contributed by atoms with E-state index >= 15 is 0 Å². The zero-order chi connectivity index (χ0) is 18.0. The molecule has 0 amide bonds. The molecule has 1 fully saturated rings. The average Bonchev–Trinajstić information content (AvgIpc) is 3.10. The summed E-state index contributed by atoms with van der Waals surface area (Å²) < 4.78 is 34.8. The van der Waals surface area contributed by atoms with Crippen LogP contribution in [0.1, 0.15) is 24.2 Å². The van der Waals surface area contributed by atoms with Gasteiger partial charge < -0.3 is 4.74 Å². The molecule has 3 rings (SSSR count). The Labute approximate surface area is 151 Å². The minimum absolute atomic E-state index is 0.0364. The van der Waals surface area contributed by atoms with Crippen molar-refractivity contribution in [1.29, 1.82) is 5.26 Å². The van der Waals surface area contributed by atoms with E-state index in [0.29, 0.717) is 5.02 Å². The molecule has 0 radical (unpaired) electrons. The molecular weight excluding hydrogens is 364 g/mol. The third kappa shape index (κ3) is 3.55. The van der Waals surface area contributed by atoms with E-state index in [-0.39, 0.29) is 36.3 Å². The number of hydrogen-bond acceptors (Lipinski definition) is 5. The maximum atomic E-state index is 13.0. The number of halogens is 1. The fourth-order valence-electron chi connectivity index (χ4n) is 2.72. The average molecular weight is 381 g/mol. The summed E-state index contributed by atoms with van der Waals surface area (Å²) in [6, 6.07) is 6.10. The van der Waals surface area contributed by atoms with Crippen LogP contribution in [0.15, 0.2) is 35.5 Å². The Hall–Kier alpha value is -1.92. The first-order valence-electron chi connectivity index (χ1n) is 7.79. The Bertz CT molecular complexity index is 920. The maximum Gasteiger partial charge on any atom is 0.244 e. The summed E-state index contributed by atoms with van der Waals surface area (Å²) in [5.74, 6) is 0. The Morgan fingerprint density at radius 1 is 1.48 bits per heavy atom. The predicted molar refractivity (Wildman–Crippen MR) is 91.5 cm³/mol. The molecule has 0 spiro atoms. The number of rotatable bonds is 4. The van der Waals surface area contributed by atoms with E-state index in [0.717, 1.165) is 12.1 Å². The lowest BCUT2D eigenvalue weighted by atomic mass is 10.2. The smallest absolute Gasteiger partial charge is 0.244 e. The number of morpholine rings is 1. The molecule has 1 saturated heterocycles. The predicted octanol–water partition coefficient (Wildman–Crippen LogP) is 2.19. The first-order valence-corrected chi connectivity index (χ1v) is 9.61. The van der Waals surface area contributed by atoms with E-state index in [1.165, 1.54) is 22.5 Å². The lowest BCUT2D eigenvalue weighted by Crippen LogP contribution is -2.42. The lowest BCUT2D eigenvalue weighted by molar-refractivity contribution is -0.00260. The van der Waals surface area contributed by atoms with E-state index in [4.69, 9.17) is 16.3 Å². The van der Waals surface area contributed by atoms with E-state index in [1.54, 1.807) is 10.9 Å². The van der Waals surface area contributed by atoms with Crippen LogP contribution in [0.2, 0.25) is 5.02 Å². The number of benzene rings is 1. The van der Waals surface area contributed by atoms with Gasteiger partial charge in [0.25, 0.3) is 0 Å². The molecule has 1 aliphatic heterocycles.